The van der Waals surface area contributed by atoms with Crippen molar-refractivity contribution in [3.05, 3.63) is 11.9 Å². The van der Waals surface area contributed by atoms with E-state index in [0.29, 0.717) is 18.3 Å². The second kappa shape index (κ2) is 8.32. The second-order valence-corrected chi connectivity index (χ2v) is 11.9. The van der Waals surface area contributed by atoms with Crippen molar-refractivity contribution in [1.29, 1.82) is 0 Å². The van der Waals surface area contributed by atoms with Gasteiger partial charge in [-0.3, -0.25) is 14.4 Å². The minimum absolute atomic E-state index is 0.00799. The molecule has 7 atom stereocenters. The number of hydrogen-bond acceptors (Lipinski definition) is 6. The van der Waals surface area contributed by atoms with E-state index < -0.39 is 23.6 Å². The molecule has 1 aromatic heterocycles. The standard InChI is InChI=1S/C24H36N6O4/c1-24(2,3)20(30-11-18(27-28-30)12-4-5-12)23(34)29-10-15(31)9-19(29)22(33)26-17-8-13-6-14(21(25)32)7-16(13)17/h11-17,19-20,31H,4-10H2,1-3H3,(H2,25,32)(H,26,33)/t13-,14?,15-,16-,17-,19+,20+/m1/s1. The molecule has 0 bridgehead atoms. The number of fused-ring (bicyclic) bond motifs is 1. The Hall–Kier alpha value is -2.49. The lowest BCUT2D eigenvalue weighted by Crippen LogP contribution is -2.56. The van der Waals surface area contributed by atoms with Crippen LogP contribution >= 0.6 is 0 Å². The number of carbonyl (C=O) groups excluding carboxylic acids is 3. The molecule has 4 N–H and O–H groups in total. The van der Waals surface area contributed by atoms with E-state index in [-0.39, 0.29) is 48.6 Å². The van der Waals surface area contributed by atoms with Crippen LogP contribution in [0.2, 0.25) is 0 Å². The Morgan fingerprint density at radius 1 is 1.18 bits per heavy atom. The number of β-amino-alcohol motifs (C(OH)–C–C–N with tert-alkyl or cyclic N) is 1. The fraction of sp³-hybridized carbons (Fsp3) is 0.792. The van der Waals surface area contributed by atoms with Crippen molar-refractivity contribution in [2.24, 2.45) is 28.9 Å². The van der Waals surface area contributed by atoms with E-state index in [1.165, 1.54) is 4.90 Å². The number of likely N-dealkylation sites (tertiary alicyclic amines) is 1. The first-order valence-corrected chi connectivity index (χ1v) is 12.5. The Kier molecular flexibility index (Phi) is 5.69. The molecular weight excluding hydrogens is 436 g/mol. The Labute approximate surface area is 199 Å². The smallest absolute Gasteiger partial charge is 0.248 e. The van der Waals surface area contributed by atoms with Gasteiger partial charge in [0, 0.05) is 37.0 Å². The van der Waals surface area contributed by atoms with E-state index in [2.05, 4.69) is 15.6 Å². The van der Waals surface area contributed by atoms with Crippen molar-refractivity contribution in [3.63, 3.8) is 0 Å². The zero-order valence-corrected chi connectivity index (χ0v) is 20.2. The number of primary amides is 1. The molecular formula is C24H36N6O4. The lowest BCUT2D eigenvalue weighted by molar-refractivity contribution is -0.144. The predicted octanol–water partition coefficient (Wildman–Crippen LogP) is 0.721. The quantitative estimate of drug-likeness (QED) is 0.557. The van der Waals surface area contributed by atoms with Gasteiger partial charge in [-0.05, 0) is 49.4 Å². The minimum Gasteiger partial charge on any atom is -0.391 e. The molecule has 1 saturated heterocycles. The Balaban J connectivity index is 1.30. The van der Waals surface area contributed by atoms with Gasteiger partial charge in [0.15, 0.2) is 0 Å². The Morgan fingerprint density at radius 3 is 2.56 bits per heavy atom. The van der Waals surface area contributed by atoms with Gasteiger partial charge in [0.1, 0.15) is 12.1 Å². The first kappa shape index (κ1) is 23.3. The van der Waals surface area contributed by atoms with E-state index in [1.54, 1.807) is 4.68 Å². The van der Waals surface area contributed by atoms with Crippen LogP contribution in [0.3, 0.4) is 0 Å². The highest BCUT2D eigenvalue weighted by Crippen LogP contribution is 2.49. The van der Waals surface area contributed by atoms with E-state index in [4.69, 9.17) is 5.73 Å². The summed E-state index contributed by atoms with van der Waals surface area (Å²) in [6.07, 6.45) is 5.85. The van der Waals surface area contributed by atoms with Crippen LogP contribution in [0.4, 0.5) is 0 Å². The molecule has 1 aliphatic heterocycles. The first-order valence-electron chi connectivity index (χ1n) is 12.5. The number of carbonyl (C=O) groups is 3. The highest BCUT2D eigenvalue weighted by atomic mass is 16.3. The van der Waals surface area contributed by atoms with Crippen LogP contribution < -0.4 is 11.1 Å². The fourth-order valence-corrected chi connectivity index (χ4v) is 6.23. The summed E-state index contributed by atoms with van der Waals surface area (Å²) in [7, 11) is 0. The zero-order chi connectivity index (χ0) is 24.4. The Bertz CT molecular complexity index is 982. The first-order chi connectivity index (χ1) is 16.0. The molecule has 10 heteroatoms. The number of amides is 3. The molecule has 186 valence electrons. The van der Waals surface area contributed by atoms with Gasteiger partial charge >= 0.3 is 0 Å². The number of nitrogens with one attached hydrogen (secondary N) is 1. The van der Waals surface area contributed by atoms with Crippen LogP contribution in [0, 0.1) is 23.2 Å². The average molecular weight is 473 g/mol. The molecule has 1 aromatic rings. The zero-order valence-electron chi connectivity index (χ0n) is 20.2. The molecule has 0 radical (unpaired) electrons. The molecule has 3 saturated carbocycles. The van der Waals surface area contributed by atoms with Crippen LogP contribution in [0.5, 0.6) is 0 Å². The van der Waals surface area contributed by atoms with Gasteiger partial charge in [-0.1, -0.05) is 26.0 Å². The molecule has 3 amide bonds. The molecule has 34 heavy (non-hydrogen) atoms. The van der Waals surface area contributed by atoms with Gasteiger partial charge in [-0.2, -0.15) is 0 Å². The maximum Gasteiger partial charge on any atom is 0.248 e. The maximum atomic E-state index is 13.8. The normalized spacial score (nSPS) is 33.8. The van der Waals surface area contributed by atoms with Crippen LogP contribution in [-0.4, -0.2) is 67.5 Å². The second-order valence-electron chi connectivity index (χ2n) is 11.9. The number of nitrogens with two attached hydrogens (primary N) is 1. The fourth-order valence-electron chi connectivity index (χ4n) is 6.23. The number of nitrogens with zero attached hydrogens (tertiary/aromatic N) is 4. The lowest BCUT2D eigenvalue weighted by Gasteiger charge is -2.42. The van der Waals surface area contributed by atoms with Crippen molar-refractivity contribution >= 4 is 17.7 Å². The summed E-state index contributed by atoms with van der Waals surface area (Å²) in [6, 6.07) is -1.37. The summed E-state index contributed by atoms with van der Waals surface area (Å²) in [4.78, 5) is 40.2. The molecule has 4 aliphatic rings. The number of aromatic nitrogens is 3. The van der Waals surface area contributed by atoms with Gasteiger partial charge in [0.2, 0.25) is 17.7 Å². The number of aliphatic hydroxyl groups is 1. The summed E-state index contributed by atoms with van der Waals surface area (Å²) in [6.45, 7) is 6.03. The predicted molar refractivity (Wildman–Crippen MR) is 122 cm³/mol. The number of hydrogen-bond donors (Lipinski definition) is 3. The van der Waals surface area contributed by atoms with Gasteiger partial charge < -0.3 is 21.1 Å². The molecule has 10 nitrogen and oxygen atoms in total. The maximum absolute atomic E-state index is 13.8. The summed E-state index contributed by atoms with van der Waals surface area (Å²) < 4.78 is 1.63. The molecule has 2 heterocycles. The van der Waals surface area contributed by atoms with Crippen LogP contribution in [0.1, 0.15) is 76.9 Å². The molecule has 0 spiro atoms. The highest BCUT2D eigenvalue weighted by Gasteiger charge is 2.51. The van der Waals surface area contributed by atoms with Crippen LogP contribution in [-0.2, 0) is 14.4 Å². The summed E-state index contributed by atoms with van der Waals surface area (Å²) in [5.41, 5.74) is 5.93. The molecule has 5 rings (SSSR count). The topological polar surface area (TPSA) is 143 Å². The van der Waals surface area contributed by atoms with Crippen molar-refractivity contribution in [2.45, 2.75) is 89.4 Å². The van der Waals surface area contributed by atoms with Crippen molar-refractivity contribution in [3.8, 4) is 0 Å². The molecule has 1 unspecified atom stereocenters. The van der Waals surface area contributed by atoms with Gasteiger partial charge in [0.25, 0.3) is 0 Å². The monoisotopic (exact) mass is 472 g/mol. The average Bonchev–Trinajstić information content (AvgIpc) is 3.18. The number of aliphatic hydroxyl groups excluding tert-OH is 1. The third-order valence-corrected chi connectivity index (χ3v) is 8.26. The summed E-state index contributed by atoms with van der Waals surface area (Å²) in [5, 5.41) is 22.1. The van der Waals surface area contributed by atoms with Gasteiger partial charge in [-0.25, -0.2) is 4.68 Å². The van der Waals surface area contributed by atoms with E-state index in [9.17, 15) is 19.5 Å². The van der Waals surface area contributed by atoms with Crippen molar-refractivity contribution in [2.75, 3.05) is 6.54 Å². The lowest BCUT2D eigenvalue weighted by atomic mass is 9.71. The van der Waals surface area contributed by atoms with E-state index >= 15 is 0 Å². The van der Waals surface area contributed by atoms with E-state index in [0.717, 1.165) is 31.4 Å². The van der Waals surface area contributed by atoms with Gasteiger partial charge in [-0.15, -0.1) is 5.10 Å². The molecule has 0 aromatic carbocycles. The highest BCUT2D eigenvalue weighted by molar-refractivity contribution is 5.90. The van der Waals surface area contributed by atoms with Crippen LogP contribution in [0.15, 0.2) is 6.20 Å². The van der Waals surface area contributed by atoms with E-state index in [1.807, 2.05) is 27.0 Å². The van der Waals surface area contributed by atoms with Crippen LogP contribution in [0.25, 0.3) is 0 Å². The SMILES string of the molecule is CC(C)(C)[C@H](C(=O)N1C[C@H](O)C[C@H]1C(=O)N[C@@H]1C[C@H]2CC(C(N)=O)C[C@H]21)n1cc(C2CC2)nn1. The van der Waals surface area contributed by atoms with Gasteiger partial charge in [0.05, 0.1) is 11.8 Å². The minimum atomic E-state index is -0.752. The largest absolute Gasteiger partial charge is 0.391 e. The van der Waals surface area contributed by atoms with Crippen molar-refractivity contribution in [1.82, 2.24) is 25.2 Å². The summed E-state index contributed by atoms with van der Waals surface area (Å²) >= 11 is 0. The Morgan fingerprint density at radius 2 is 1.91 bits per heavy atom. The third kappa shape index (κ3) is 4.21. The summed E-state index contributed by atoms with van der Waals surface area (Å²) in [5.74, 6) is 0.273. The third-order valence-electron chi connectivity index (χ3n) is 8.26. The number of rotatable bonds is 6. The molecule has 3 aliphatic carbocycles. The van der Waals surface area contributed by atoms with Crippen molar-refractivity contribution < 1.29 is 19.5 Å². The molecule has 4 fully saturated rings.